The van der Waals surface area contributed by atoms with E-state index in [1.165, 1.54) is 24.3 Å². The van der Waals surface area contributed by atoms with Crippen LogP contribution in [-0.2, 0) is 26.7 Å². The fraction of sp³-hybridized carbons (Fsp3) is 0.429. The van der Waals surface area contributed by atoms with Crippen molar-refractivity contribution in [3.8, 4) is 0 Å². The molecule has 0 aromatic heterocycles. The van der Waals surface area contributed by atoms with Crippen LogP contribution >= 0.6 is 11.6 Å². The summed E-state index contributed by atoms with van der Waals surface area (Å²) in [6.07, 6.45) is -12.6. The first-order valence-corrected chi connectivity index (χ1v) is 11.7. The van der Waals surface area contributed by atoms with Crippen molar-refractivity contribution >= 4 is 21.4 Å². The predicted molar refractivity (Wildman–Crippen MR) is 106 cm³/mol. The average molecular weight is 516 g/mol. The van der Waals surface area contributed by atoms with Gasteiger partial charge in [-0.25, -0.2) is 12.8 Å². The normalized spacial score (nSPS) is 23.8. The van der Waals surface area contributed by atoms with Crippen molar-refractivity contribution in [2.24, 2.45) is 0 Å². The Balaban J connectivity index is 1.98. The number of alkyl halides is 7. The summed E-state index contributed by atoms with van der Waals surface area (Å²) in [5.74, 6) is 0. The van der Waals surface area contributed by atoms with Gasteiger partial charge in [0.25, 0.3) is 0 Å². The van der Waals surface area contributed by atoms with Gasteiger partial charge >= 0.3 is 18.0 Å². The number of fused-ring (bicyclic) bond motifs is 3. The highest BCUT2D eigenvalue weighted by molar-refractivity contribution is 7.92. The van der Waals surface area contributed by atoms with Crippen LogP contribution in [0.15, 0.2) is 47.4 Å². The third-order valence-corrected chi connectivity index (χ3v) is 9.36. The molecule has 2 aromatic carbocycles. The molecule has 3 nitrogen and oxygen atoms in total. The maximum absolute atomic E-state index is 14.8. The first-order chi connectivity index (χ1) is 15.2. The number of sulfone groups is 1. The van der Waals surface area contributed by atoms with Crippen LogP contribution in [0.3, 0.4) is 0 Å². The molecule has 33 heavy (non-hydrogen) atoms. The minimum Gasteiger partial charge on any atom is -0.312 e. The van der Waals surface area contributed by atoms with Gasteiger partial charge in [0.2, 0.25) is 0 Å². The third-order valence-electron chi connectivity index (χ3n) is 6.49. The van der Waals surface area contributed by atoms with Gasteiger partial charge in [-0.1, -0.05) is 35.9 Å². The minimum absolute atomic E-state index is 0.00643. The van der Waals surface area contributed by atoms with E-state index >= 15 is 0 Å². The van der Waals surface area contributed by atoms with Crippen molar-refractivity contribution in [3.63, 3.8) is 0 Å². The molecule has 0 bridgehead atoms. The van der Waals surface area contributed by atoms with Crippen molar-refractivity contribution in [1.82, 2.24) is 5.32 Å². The van der Waals surface area contributed by atoms with Gasteiger partial charge in [-0.15, -0.1) is 0 Å². The van der Waals surface area contributed by atoms with Gasteiger partial charge in [0.1, 0.15) is 4.75 Å². The molecule has 1 fully saturated rings. The zero-order valence-corrected chi connectivity index (χ0v) is 18.3. The smallest absolute Gasteiger partial charge is 0.312 e. The summed E-state index contributed by atoms with van der Waals surface area (Å²) in [5.41, 5.74) is -7.61. The molecule has 0 unspecified atom stereocenters. The largest absolute Gasteiger partial charge is 0.436 e. The molecular weight excluding hydrogens is 499 g/mol. The summed E-state index contributed by atoms with van der Waals surface area (Å²) in [5, 5.41) is 1.93. The highest BCUT2D eigenvalue weighted by Crippen LogP contribution is 2.57. The monoisotopic (exact) mass is 515 g/mol. The van der Waals surface area contributed by atoms with E-state index in [1.807, 2.05) is 0 Å². The predicted octanol–water partition coefficient (Wildman–Crippen LogP) is 5.61. The van der Waals surface area contributed by atoms with Gasteiger partial charge in [-0.3, -0.25) is 0 Å². The summed E-state index contributed by atoms with van der Waals surface area (Å²) < 4.78 is 121. The Morgan fingerprint density at radius 3 is 2.15 bits per heavy atom. The van der Waals surface area contributed by atoms with E-state index in [0.29, 0.717) is 6.07 Å². The van der Waals surface area contributed by atoms with Crippen LogP contribution in [0.5, 0.6) is 0 Å². The maximum Gasteiger partial charge on any atom is 0.436 e. The molecule has 1 saturated heterocycles. The topological polar surface area (TPSA) is 46.2 Å². The molecule has 12 heteroatoms. The lowest BCUT2D eigenvalue weighted by Crippen LogP contribution is -2.52. The second-order valence-corrected chi connectivity index (χ2v) is 10.8. The second kappa shape index (κ2) is 7.58. The van der Waals surface area contributed by atoms with Crippen LogP contribution in [0.4, 0.5) is 30.7 Å². The first kappa shape index (κ1) is 24.3. The van der Waals surface area contributed by atoms with Gasteiger partial charge in [-0.05, 0) is 55.1 Å². The highest BCUT2D eigenvalue weighted by Gasteiger charge is 2.74. The number of nitrogens with one attached hydrogen (secondary N) is 1. The Hall–Kier alpha value is -1.85. The van der Waals surface area contributed by atoms with Gasteiger partial charge < -0.3 is 5.32 Å². The van der Waals surface area contributed by atoms with Crippen molar-refractivity contribution in [2.45, 2.75) is 53.0 Å². The van der Waals surface area contributed by atoms with Gasteiger partial charge in [0.05, 0.1) is 4.90 Å². The number of hydrogen-bond acceptors (Lipinski definition) is 3. The summed E-state index contributed by atoms with van der Waals surface area (Å²) in [6.45, 7) is 0.258. The van der Waals surface area contributed by atoms with Gasteiger partial charge in [0, 0.05) is 16.6 Å². The standard InChI is InChI=1S/C21H17ClF7NO2S/c22-16-11-14-12(10-15(16)19(23,20(24,25)26)21(27,28)29)6-7-17-18(14,8-9-30-17)33(31,32)13-4-2-1-3-5-13/h1-5,10-11,17,30H,6-9H2/t17-,18-/m1/s1. The van der Waals surface area contributed by atoms with Gasteiger partial charge in [0.15, 0.2) is 9.84 Å². The van der Waals surface area contributed by atoms with Crippen LogP contribution in [0.1, 0.15) is 29.5 Å². The van der Waals surface area contributed by atoms with Gasteiger partial charge in [-0.2, -0.15) is 26.3 Å². The molecule has 1 aliphatic heterocycles. The molecule has 1 heterocycles. The second-order valence-electron chi connectivity index (χ2n) is 8.14. The Bertz CT molecular complexity index is 1170. The summed E-state index contributed by atoms with van der Waals surface area (Å²) in [6, 6.07) is 7.89. The van der Waals surface area contributed by atoms with E-state index in [2.05, 4.69) is 5.32 Å². The molecule has 2 atom stereocenters. The number of hydrogen-bond donors (Lipinski definition) is 1. The van der Waals surface area contributed by atoms with Crippen LogP contribution in [0.2, 0.25) is 5.02 Å². The molecule has 0 amide bonds. The number of aryl methyl sites for hydroxylation is 1. The van der Waals surface area contributed by atoms with Crippen molar-refractivity contribution in [1.29, 1.82) is 0 Å². The zero-order chi connectivity index (χ0) is 24.4. The van der Waals surface area contributed by atoms with Crippen LogP contribution in [0, 0.1) is 0 Å². The molecule has 2 aliphatic rings. The van der Waals surface area contributed by atoms with Crippen LogP contribution in [-0.4, -0.2) is 33.4 Å². The van der Waals surface area contributed by atoms with E-state index < -0.39 is 49.2 Å². The molecule has 4 rings (SSSR count). The first-order valence-electron chi connectivity index (χ1n) is 9.87. The fourth-order valence-corrected chi connectivity index (χ4v) is 7.61. The zero-order valence-electron chi connectivity index (χ0n) is 16.7. The lowest BCUT2D eigenvalue weighted by atomic mass is 9.77. The Labute approximate surface area is 189 Å². The highest BCUT2D eigenvalue weighted by atomic mass is 35.5. The lowest BCUT2D eigenvalue weighted by molar-refractivity contribution is -0.348. The molecular formula is C21H17ClF7NO2S. The number of benzene rings is 2. The molecule has 0 radical (unpaired) electrons. The molecule has 2 aromatic rings. The lowest BCUT2D eigenvalue weighted by Gasteiger charge is -2.41. The summed E-state index contributed by atoms with van der Waals surface area (Å²) >= 11 is 5.85. The number of rotatable bonds is 3. The minimum atomic E-state index is -6.33. The summed E-state index contributed by atoms with van der Waals surface area (Å²) in [4.78, 5) is -0.0443. The SMILES string of the molecule is O=S(=O)(c1ccccc1)[C@@]12CCN[C@@H]1CCc1cc(C(F)(C(F)(F)F)C(F)(F)F)c(Cl)cc12. The van der Waals surface area contributed by atoms with E-state index in [9.17, 15) is 39.2 Å². The van der Waals surface area contributed by atoms with Crippen molar-refractivity contribution in [2.75, 3.05) is 6.54 Å². The Kier molecular flexibility index (Phi) is 5.57. The van der Waals surface area contributed by atoms with E-state index in [0.717, 1.165) is 6.07 Å². The number of halogens is 8. The quantitative estimate of drug-likeness (QED) is 0.541. The van der Waals surface area contributed by atoms with Crippen LogP contribution in [0.25, 0.3) is 0 Å². The van der Waals surface area contributed by atoms with E-state index in [1.54, 1.807) is 6.07 Å². The Morgan fingerprint density at radius 2 is 1.58 bits per heavy atom. The third kappa shape index (κ3) is 3.30. The van der Waals surface area contributed by atoms with Crippen molar-refractivity contribution < 1.29 is 39.2 Å². The molecule has 0 spiro atoms. The molecule has 0 saturated carbocycles. The average Bonchev–Trinajstić information content (AvgIpc) is 3.18. The Morgan fingerprint density at radius 1 is 0.970 bits per heavy atom. The summed E-state index contributed by atoms with van der Waals surface area (Å²) in [7, 11) is -4.16. The van der Waals surface area contributed by atoms with Crippen molar-refractivity contribution in [3.05, 3.63) is 64.2 Å². The van der Waals surface area contributed by atoms with E-state index in [-0.39, 0.29) is 41.8 Å². The van der Waals surface area contributed by atoms with Crippen LogP contribution < -0.4 is 5.32 Å². The molecule has 180 valence electrons. The molecule has 1 aliphatic carbocycles. The van der Waals surface area contributed by atoms with E-state index in [4.69, 9.17) is 11.6 Å². The fourth-order valence-electron chi connectivity index (χ4n) is 4.95. The maximum atomic E-state index is 14.8. The molecule has 1 N–H and O–H groups in total.